The van der Waals surface area contributed by atoms with Crippen molar-refractivity contribution in [1.29, 1.82) is 0 Å². The van der Waals surface area contributed by atoms with Gasteiger partial charge in [0.2, 0.25) is 13.6 Å². The van der Waals surface area contributed by atoms with Gasteiger partial charge in [0.25, 0.3) is 5.79 Å². The summed E-state index contributed by atoms with van der Waals surface area (Å²) in [6.45, 7) is 2.25. The first-order chi connectivity index (χ1) is 28.1. The van der Waals surface area contributed by atoms with Crippen molar-refractivity contribution in [3.05, 3.63) is 145 Å². The summed E-state index contributed by atoms with van der Waals surface area (Å²) < 4.78 is 42.8. The lowest BCUT2D eigenvalue weighted by atomic mass is 9.82. The van der Waals surface area contributed by atoms with Crippen LogP contribution < -0.4 is 18.9 Å². The Morgan fingerprint density at radius 3 is 2.12 bits per heavy atom. The summed E-state index contributed by atoms with van der Waals surface area (Å²) in [4.78, 5) is 37.7. The summed E-state index contributed by atoms with van der Waals surface area (Å²) in [6, 6.07) is 30.6. The molecule has 12 nitrogen and oxygen atoms in total. The summed E-state index contributed by atoms with van der Waals surface area (Å²) in [6.07, 6.45) is 1.06. The van der Waals surface area contributed by atoms with Crippen LogP contribution in [0.5, 0.6) is 23.0 Å². The Morgan fingerprint density at radius 1 is 0.810 bits per heavy atom. The van der Waals surface area contributed by atoms with Gasteiger partial charge in [-0.15, -0.1) is 0 Å². The molecule has 0 fully saturated rings. The average Bonchev–Trinajstić information content (AvgIpc) is 4.04. The van der Waals surface area contributed by atoms with Crippen LogP contribution in [0.1, 0.15) is 46.6 Å². The summed E-state index contributed by atoms with van der Waals surface area (Å²) in [5.74, 6) is -2.05. The molecule has 15 heteroatoms. The molecule has 58 heavy (non-hydrogen) atoms. The zero-order valence-electron chi connectivity index (χ0n) is 30.6. The molecule has 3 aliphatic heterocycles. The number of hydrogen-bond acceptors (Lipinski definition) is 13. The minimum Gasteiger partial charge on any atom is -0.465 e. The minimum atomic E-state index is -1.92. The fraction of sp³-hybridized carbons (Fsp3) is 0.186. The van der Waals surface area contributed by atoms with Gasteiger partial charge in [-0.05, 0) is 89.8 Å². The lowest BCUT2D eigenvalue weighted by molar-refractivity contribution is -0.185. The van der Waals surface area contributed by atoms with E-state index in [0.717, 1.165) is 49.1 Å². The fourth-order valence-electron chi connectivity index (χ4n) is 7.01. The van der Waals surface area contributed by atoms with Crippen LogP contribution in [-0.2, 0) is 36.1 Å². The van der Waals surface area contributed by atoms with E-state index in [0.29, 0.717) is 50.8 Å². The Hall–Kier alpha value is -5.61. The number of fused-ring (bicyclic) bond motifs is 3. The van der Waals surface area contributed by atoms with Crippen LogP contribution in [0.2, 0.25) is 0 Å². The fourth-order valence-corrected chi connectivity index (χ4v) is 8.05. The number of aldehydes is 1. The van der Waals surface area contributed by atoms with E-state index in [1.54, 1.807) is 67.6 Å². The van der Waals surface area contributed by atoms with Crippen molar-refractivity contribution in [2.45, 2.75) is 31.0 Å². The first-order valence-electron chi connectivity index (χ1n) is 18.0. The maximum absolute atomic E-state index is 13.2. The van der Waals surface area contributed by atoms with Crippen molar-refractivity contribution < 1.29 is 47.9 Å². The molecule has 3 unspecified atom stereocenters. The van der Waals surface area contributed by atoms with E-state index >= 15 is 0 Å². The van der Waals surface area contributed by atoms with E-state index in [-0.39, 0.29) is 26.6 Å². The molecular weight excluding hydrogens is 896 g/mol. The second kappa shape index (κ2) is 16.7. The van der Waals surface area contributed by atoms with Crippen molar-refractivity contribution in [2.24, 2.45) is 0 Å². The molecule has 0 aliphatic carbocycles. The largest absolute Gasteiger partial charge is 0.465 e. The van der Waals surface area contributed by atoms with Crippen LogP contribution in [0.25, 0.3) is 16.6 Å². The maximum atomic E-state index is 13.2. The van der Waals surface area contributed by atoms with Crippen molar-refractivity contribution in [1.82, 2.24) is 8.75 Å². The number of cyclic esters (lactones) is 1. The molecule has 0 saturated heterocycles. The zero-order valence-corrected chi connectivity index (χ0v) is 34.5. The smallest absolute Gasteiger partial charge is 0.342 e. The lowest BCUT2D eigenvalue weighted by Gasteiger charge is -2.25. The summed E-state index contributed by atoms with van der Waals surface area (Å²) in [5.41, 5.74) is 5.63. The molecule has 6 aromatic rings. The molecule has 1 aromatic heterocycles. The number of halogens is 2. The monoisotopic (exact) mass is 926 g/mol. The summed E-state index contributed by atoms with van der Waals surface area (Å²) >= 11 is 7.93. The number of benzene rings is 5. The topological polar surface area (TPSA) is 153 Å². The molecule has 4 heterocycles. The number of carbonyl (C=O) groups excluding carboxylic acids is 3. The number of nitrogens with zero attached hydrogens (tertiary/aromatic N) is 2. The normalized spacial score (nSPS) is 17.3. The van der Waals surface area contributed by atoms with Crippen molar-refractivity contribution in [3.8, 4) is 23.0 Å². The molecule has 294 valence electrons. The molecule has 1 N–H and O–H groups in total. The average molecular weight is 929 g/mol. The zero-order chi connectivity index (χ0) is 40.4. The number of aliphatic hydroxyl groups is 1. The van der Waals surface area contributed by atoms with Crippen LogP contribution in [0.15, 0.2) is 118 Å². The van der Waals surface area contributed by atoms with Gasteiger partial charge in [0.15, 0.2) is 23.0 Å². The third-order valence-electron chi connectivity index (χ3n) is 9.81. The molecule has 0 radical (unpaired) electrons. The van der Waals surface area contributed by atoms with Crippen LogP contribution in [0.3, 0.4) is 0 Å². The lowest BCUT2D eigenvalue weighted by Crippen LogP contribution is -2.29. The van der Waals surface area contributed by atoms with Crippen molar-refractivity contribution in [3.63, 3.8) is 0 Å². The Morgan fingerprint density at radius 2 is 1.43 bits per heavy atom. The van der Waals surface area contributed by atoms with Crippen LogP contribution in [0.4, 0.5) is 0 Å². The number of ether oxygens (including phenoxy) is 6. The third kappa shape index (κ3) is 7.82. The third-order valence-corrected chi connectivity index (χ3v) is 11.4. The van der Waals surface area contributed by atoms with E-state index < -0.39 is 29.6 Å². The highest BCUT2D eigenvalue weighted by Gasteiger charge is 2.48. The number of aromatic nitrogens is 2. The second-order valence-electron chi connectivity index (χ2n) is 13.3. The van der Waals surface area contributed by atoms with Crippen LogP contribution in [0, 0.1) is 0 Å². The quantitative estimate of drug-likeness (QED) is 0.104. The van der Waals surface area contributed by atoms with Crippen LogP contribution in [-0.4, -0.2) is 52.3 Å². The van der Waals surface area contributed by atoms with Crippen LogP contribution >= 0.6 is 43.6 Å². The highest BCUT2D eigenvalue weighted by molar-refractivity contribution is 9.10. The molecule has 0 spiro atoms. The Bertz CT molecular complexity index is 2560. The minimum absolute atomic E-state index is 0.125. The standard InChI is InChI=1S/C24H15BrN2O5S.C19H17BrO5/c25-16-5-3-15(4-6-16)24(29)17(9-13-1-7-18-19(10-13)27-33-26-18)22(23(28)32-24)14-2-8-20-21(11-14)31-12-30-20;1-2-23-19(22)18(13-5-8-16-17(9-13)25-11-24-16)15(10-21)12-3-6-14(20)7-4-12/h1-8,10-11,29H,9,12H2;3-10,15,18H,2,11H2,1H3. The summed E-state index contributed by atoms with van der Waals surface area (Å²) in [5, 5.41) is 11.7. The van der Waals surface area contributed by atoms with Gasteiger partial charge >= 0.3 is 11.9 Å². The molecule has 0 saturated carbocycles. The Kier molecular flexibility index (Phi) is 11.3. The molecular formula is C43H32Br2N2O10S. The van der Waals surface area contributed by atoms with E-state index in [4.69, 9.17) is 28.4 Å². The van der Waals surface area contributed by atoms with Gasteiger partial charge in [0.1, 0.15) is 17.3 Å². The first kappa shape index (κ1) is 39.2. The molecule has 0 bridgehead atoms. The molecule has 3 aliphatic rings. The molecule has 5 aromatic carbocycles. The second-order valence-corrected chi connectivity index (χ2v) is 15.6. The molecule has 9 rings (SSSR count). The Labute approximate surface area is 352 Å². The van der Waals surface area contributed by atoms with Crippen molar-refractivity contribution in [2.75, 3.05) is 20.2 Å². The van der Waals surface area contributed by atoms with E-state index in [1.165, 1.54) is 0 Å². The van der Waals surface area contributed by atoms with Gasteiger partial charge in [-0.2, -0.15) is 8.75 Å². The predicted octanol–water partition coefficient (Wildman–Crippen LogP) is 8.39. The Balaban J connectivity index is 0.000000169. The van der Waals surface area contributed by atoms with E-state index in [1.807, 2.05) is 42.5 Å². The SMILES string of the molecule is CCOC(=O)C(c1ccc2c(c1)OCO2)C(C=O)c1ccc(Br)cc1.O=C1OC(O)(c2ccc(Br)cc2)C(Cc2ccc3nsnc3c2)=C1c1ccc2c(c1)OCO2. The van der Waals surface area contributed by atoms with Gasteiger partial charge in [0.05, 0.1) is 35.7 Å². The highest BCUT2D eigenvalue weighted by atomic mass is 79.9. The predicted molar refractivity (Wildman–Crippen MR) is 220 cm³/mol. The van der Waals surface area contributed by atoms with Gasteiger partial charge in [-0.25, -0.2) is 4.79 Å². The van der Waals surface area contributed by atoms with Gasteiger partial charge in [0, 0.05) is 26.5 Å². The molecule has 3 atom stereocenters. The van der Waals surface area contributed by atoms with Gasteiger partial charge < -0.3 is 38.3 Å². The van der Waals surface area contributed by atoms with Crippen molar-refractivity contribution >= 4 is 78.4 Å². The summed E-state index contributed by atoms with van der Waals surface area (Å²) in [7, 11) is 0. The van der Waals surface area contributed by atoms with Gasteiger partial charge in [-0.3, -0.25) is 4.79 Å². The maximum Gasteiger partial charge on any atom is 0.342 e. The number of hydrogen-bond donors (Lipinski definition) is 1. The first-order valence-corrected chi connectivity index (χ1v) is 20.3. The van der Waals surface area contributed by atoms with E-state index in [9.17, 15) is 19.5 Å². The van der Waals surface area contributed by atoms with Gasteiger partial charge in [-0.1, -0.05) is 74.3 Å². The highest BCUT2D eigenvalue weighted by Crippen LogP contribution is 2.47. The van der Waals surface area contributed by atoms with E-state index in [2.05, 4.69) is 40.6 Å². The number of rotatable bonds is 10. The number of esters is 2. The number of carbonyl (C=O) groups is 3. The molecule has 0 amide bonds.